The van der Waals surface area contributed by atoms with Crippen molar-refractivity contribution >= 4 is 17.6 Å². The molecule has 1 aromatic heterocycles. The lowest BCUT2D eigenvalue weighted by Crippen LogP contribution is -2.22. The Morgan fingerprint density at radius 2 is 2.00 bits per heavy atom. The Kier molecular flexibility index (Phi) is 4.70. The fraction of sp³-hybridized carbons (Fsp3) is 0.312. The topological polar surface area (TPSA) is 53.7 Å². The Bertz CT molecular complexity index is 633. The highest BCUT2D eigenvalue weighted by molar-refractivity contribution is 6.30. The smallest absolute Gasteiger partial charge is 0.371 e. The summed E-state index contributed by atoms with van der Waals surface area (Å²) in [4.78, 5) is 13.1. The molecule has 0 aliphatic heterocycles. The molecule has 0 saturated heterocycles. The molecule has 1 heterocycles. The minimum absolute atomic E-state index is 0.0185. The number of halogens is 1. The summed E-state index contributed by atoms with van der Waals surface area (Å²) in [5.74, 6) is -0.421. The molecule has 0 aliphatic rings. The Morgan fingerprint density at radius 1 is 1.38 bits per heavy atom. The van der Waals surface area contributed by atoms with Gasteiger partial charge in [0.05, 0.1) is 0 Å². The summed E-state index contributed by atoms with van der Waals surface area (Å²) in [7, 11) is 1.99. The number of carboxylic acids is 1. The van der Waals surface area contributed by atoms with E-state index in [0.29, 0.717) is 17.3 Å². The van der Waals surface area contributed by atoms with Crippen LogP contribution in [0.1, 0.15) is 40.4 Å². The van der Waals surface area contributed by atoms with Gasteiger partial charge >= 0.3 is 5.97 Å². The average molecular weight is 308 g/mol. The van der Waals surface area contributed by atoms with Crippen molar-refractivity contribution < 1.29 is 14.3 Å². The van der Waals surface area contributed by atoms with Crippen LogP contribution in [0.15, 0.2) is 34.7 Å². The van der Waals surface area contributed by atoms with E-state index < -0.39 is 5.97 Å². The molecule has 0 spiro atoms. The third-order valence-electron chi connectivity index (χ3n) is 3.66. The summed E-state index contributed by atoms with van der Waals surface area (Å²) < 4.78 is 5.23. The Balaban J connectivity index is 2.11. The molecule has 21 heavy (non-hydrogen) atoms. The van der Waals surface area contributed by atoms with Crippen LogP contribution in [-0.2, 0) is 6.54 Å². The third-order valence-corrected chi connectivity index (χ3v) is 3.92. The van der Waals surface area contributed by atoms with E-state index in [1.165, 1.54) is 0 Å². The number of aromatic carboxylic acids is 1. The van der Waals surface area contributed by atoms with Crippen LogP contribution < -0.4 is 0 Å². The van der Waals surface area contributed by atoms with Gasteiger partial charge in [-0.05, 0) is 44.7 Å². The second-order valence-electron chi connectivity index (χ2n) is 5.14. The number of carbonyl (C=O) groups is 1. The van der Waals surface area contributed by atoms with Crippen molar-refractivity contribution in [3.8, 4) is 0 Å². The quantitative estimate of drug-likeness (QED) is 0.902. The fourth-order valence-electron chi connectivity index (χ4n) is 2.18. The van der Waals surface area contributed by atoms with Gasteiger partial charge in [-0.3, -0.25) is 4.90 Å². The number of rotatable bonds is 5. The number of hydrogen-bond donors (Lipinski definition) is 1. The molecule has 5 heteroatoms. The maximum absolute atomic E-state index is 10.9. The number of nitrogens with zero attached hydrogens (tertiary/aromatic N) is 1. The second kappa shape index (κ2) is 6.33. The Hall–Kier alpha value is -1.78. The van der Waals surface area contributed by atoms with E-state index >= 15 is 0 Å². The average Bonchev–Trinajstić information content (AvgIpc) is 2.80. The largest absolute Gasteiger partial charge is 0.475 e. The summed E-state index contributed by atoms with van der Waals surface area (Å²) in [5, 5.41) is 9.66. The highest BCUT2D eigenvalue weighted by Gasteiger charge is 2.17. The van der Waals surface area contributed by atoms with Gasteiger partial charge in [0.25, 0.3) is 0 Å². The molecule has 2 rings (SSSR count). The molecule has 4 nitrogen and oxygen atoms in total. The van der Waals surface area contributed by atoms with Gasteiger partial charge in [0, 0.05) is 23.2 Å². The summed E-state index contributed by atoms with van der Waals surface area (Å²) in [5.41, 5.74) is 2.04. The van der Waals surface area contributed by atoms with Crippen molar-refractivity contribution in [1.82, 2.24) is 4.90 Å². The lowest BCUT2D eigenvalue weighted by atomic mass is 10.1. The zero-order valence-electron chi connectivity index (χ0n) is 12.3. The molecule has 0 radical (unpaired) electrons. The van der Waals surface area contributed by atoms with Gasteiger partial charge in [-0.25, -0.2) is 4.79 Å². The molecule has 0 amide bonds. The molecule has 0 bridgehead atoms. The van der Waals surface area contributed by atoms with Crippen LogP contribution in [0.25, 0.3) is 0 Å². The van der Waals surface area contributed by atoms with Crippen LogP contribution in [-0.4, -0.2) is 23.0 Å². The van der Waals surface area contributed by atoms with Crippen LogP contribution >= 0.6 is 11.6 Å². The number of furan rings is 1. The van der Waals surface area contributed by atoms with E-state index in [9.17, 15) is 4.79 Å². The second-order valence-corrected chi connectivity index (χ2v) is 5.58. The third kappa shape index (κ3) is 3.65. The molecular weight excluding hydrogens is 290 g/mol. The van der Waals surface area contributed by atoms with Crippen molar-refractivity contribution in [2.45, 2.75) is 26.4 Å². The summed E-state index contributed by atoms with van der Waals surface area (Å²) in [6.07, 6.45) is 0. The lowest BCUT2D eigenvalue weighted by molar-refractivity contribution is 0.0661. The van der Waals surface area contributed by atoms with Crippen molar-refractivity contribution in [2.24, 2.45) is 0 Å². The predicted octanol–water partition coefficient (Wildman–Crippen LogP) is 4.13. The molecule has 112 valence electrons. The molecular formula is C16H18ClNO3. The van der Waals surface area contributed by atoms with Crippen molar-refractivity contribution in [2.75, 3.05) is 7.05 Å². The fourth-order valence-corrected chi connectivity index (χ4v) is 2.31. The van der Waals surface area contributed by atoms with Gasteiger partial charge in [0.15, 0.2) is 0 Å². The van der Waals surface area contributed by atoms with E-state index in [0.717, 1.165) is 11.1 Å². The maximum Gasteiger partial charge on any atom is 0.371 e. The normalized spacial score (nSPS) is 12.6. The van der Waals surface area contributed by atoms with Gasteiger partial charge in [-0.1, -0.05) is 23.7 Å². The number of benzene rings is 1. The summed E-state index contributed by atoms with van der Waals surface area (Å²) in [6, 6.07) is 9.50. The monoisotopic (exact) mass is 307 g/mol. The molecule has 1 aromatic carbocycles. The van der Waals surface area contributed by atoms with Crippen molar-refractivity contribution in [1.29, 1.82) is 0 Å². The van der Waals surface area contributed by atoms with Crippen LogP contribution in [0.4, 0.5) is 0 Å². The molecule has 1 N–H and O–H groups in total. The Morgan fingerprint density at radius 3 is 2.52 bits per heavy atom. The van der Waals surface area contributed by atoms with Crippen molar-refractivity contribution in [3.05, 3.63) is 58.0 Å². The van der Waals surface area contributed by atoms with E-state index in [1.54, 1.807) is 13.0 Å². The van der Waals surface area contributed by atoms with Gasteiger partial charge in [0.1, 0.15) is 5.76 Å². The zero-order valence-corrected chi connectivity index (χ0v) is 13.0. The van der Waals surface area contributed by atoms with E-state index in [4.69, 9.17) is 21.1 Å². The van der Waals surface area contributed by atoms with Crippen LogP contribution in [0.2, 0.25) is 5.02 Å². The first kappa shape index (κ1) is 15.6. The maximum atomic E-state index is 10.9. The Labute approximate surface area is 128 Å². The van der Waals surface area contributed by atoms with Crippen LogP contribution in [0, 0.1) is 6.92 Å². The van der Waals surface area contributed by atoms with E-state index in [-0.39, 0.29) is 11.8 Å². The highest BCUT2D eigenvalue weighted by Crippen LogP contribution is 2.24. The lowest BCUT2D eigenvalue weighted by Gasteiger charge is -2.24. The highest BCUT2D eigenvalue weighted by atomic mass is 35.5. The van der Waals surface area contributed by atoms with E-state index in [1.807, 2.05) is 31.3 Å². The first-order valence-electron chi connectivity index (χ1n) is 6.66. The minimum Gasteiger partial charge on any atom is -0.475 e. The van der Waals surface area contributed by atoms with Gasteiger partial charge in [0.2, 0.25) is 5.76 Å². The van der Waals surface area contributed by atoms with Crippen LogP contribution in [0.5, 0.6) is 0 Å². The predicted molar refractivity (Wildman–Crippen MR) is 81.7 cm³/mol. The van der Waals surface area contributed by atoms with Crippen LogP contribution in [0.3, 0.4) is 0 Å². The van der Waals surface area contributed by atoms with Gasteiger partial charge in [-0.2, -0.15) is 0 Å². The molecule has 1 atom stereocenters. The molecule has 0 aliphatic carbocycles. The first-order chi connectivity index (χ1) is 9.88. The van der Waals surface area contributed by atoms with Gasteiger partial charge in [-0.15, -0.1) is 0 Å². The SMILES string of the molecule is Cc1oc(C(=O)O)cc1CN(C)C(C)c1ccc(Cl)cc1. The molecule has 1 unspecified atom stereocenters. The summed E-state index contributed by atoms with van der Waals surface area (Å²) >= 11 is 5.90. The van der Waals surface area contributed by atoms with Gasteiger partial charge < -0.3 is 9.52 Å². The number of hydrogen-bond acceptors (Lipinski definition) is 3. The van der Waals surface area contributed by atoms with Crippen molar-refractivity contribution in [3.63, 3.8) is 0 Å². The summed E-state index contributed by atoms with van der Waals surface area (Å²) in [6.45, 7) is 4.49. The molecule has 0 saturated carbocycles. The molecule has 0 fully saturated rings. The molecule has 2 aromatic rings. The number of aryl methyl sites for hydroxylation is 1. The van der Waals surface area contributed by atoms with E-state index in [2.05, 4.69) is 11.8 Å². The standard InChI is InChI=1S/C16H18ClNO3/c1-10(12-4-6-14(17)7-5-12)18(3)9-13-8-15(16(19)20)21-11(13)2/h4-8,10H,9H2,1-3H3,(H,19,20). The zero-order chi connectivity index (χ0) is 15.6. The number of carboxylic acid groups (broad SMARTS) is 1. The first-order valence-corrected chi connectivity index (χ1v) is 7.04. The minimum atomic E-state index is -1.04.